The van der Waals surface area contributed by atoms with Crippen LogP contribution >= 0.6 is 0 Å². The van der Waals surface area contributed by atoms with Crippen LogP contribution in [0.1, 0.15) is 6.92 Å². The second-order valence-corrected chi connectivity index (χ2v) is 1.72. The van der Waals surface area contributed by atoms with E-state index >= 15 is 0 Å². The van der Waals surface area contributed by atoms with E-state index in [0.717, 1.165) is 0 Å². The van der Waals surface area contributed by atoms with Gasteiger partial charge in [0.2, 0.25) is 0 Å². The second kappa shape index (κ2) is 2.09. The maximum absolute atomic E-state index is 8.76. The number of aliphatic hydroxyl groups excluding tert-OH is 1. The molecule has 0 aliphatic heterocycles. The van der Waals surface area contributed by atoms with Gasteiger partial charge in [-0.2, -0.15) is 0 Å². The first-order valence-electron chi connectivity index (χ1n) is 2.09. The molecule has 0 spiro atoms. The molecule has 0 heterocycles. The fraction of sp³-hybridized carbons (Fsp3) is 0.600. The van der Waals surface area contributed by atoms with E-state index in [4.69, 9.17) is 10.2 Å². The smallest absolute Gasteiger partial charge is 0.103 e. The lowest BCUT2D eigenvalue weighted by Gasteiger charge is -2.12. The maximum Gasteiger partial charge on any atom is 0.103 e. The Labute approximate surface area is 43.1 Å². The monoisotopic (exact) mass is 102 g/mol. The van der Waals surface area contributed by atoms with Gasteiger partial charge in [-0.3, -0.25) is 0 Å². The molecule has 0 aromatic carbocycles. The highest BCUT2D eigenvalue weighted by Gasteiger charge is 2.11. The van der Waals surface area contributed by atoms with Crippen molar-refractivity contribution in [3.8, 4) is 0 Å². The molecule has 2 heteroatoms. The van der Waals surface area contributed by atoms with E-state index in [0.29, 0.717) is 0 Å². The van der Waals surface area contributed by atoms with E-state index in [9.17, 15) is 0 Å². The number of hydrogen-bond donors (Lipinski definition) is 2. The summed E-state index contributed by atoms with van der Waals surface area (Å²) in [7, 11) is 0. The molecule has 0 saturated carbocycles. The van der Waals surface area contributed by atoms with Crippen molar-refractivity contribution < 1.29 is 10.2 Å². The second-order valence-electron chi connectivity index (χ2n) is 1.72. The van der Waals surface area contributed by atoms with Gasteiger partial charge in [0.05, 0.1) is 6.61 Å². The summed E-state index contributed by atoms with van der Waals surface area (Å²) in [6.07, 6.45) is 1.30. The number of hydrogen-bond acceptors (Lipinski definition) is 2. The minimum atomic E-state index is -1.10. The van der Waals surface area contributed by atoms with E-state index in [1.54, 1.807) is 0 Å². The Bertz CT molecular complexity index is 66.5. The lowest BCUT2D eigenvalue weighted by molar-refractivity contribution is 0.0438. The quantitative estimate of drug-likeness (QED) is 0.478. The Hall–Kier alpha value is -0.340. The molecule has 7 heavy (non-hydrogen) atoms. The average Bonchev–Trinajstić information content (AvgIpc) is 1.68. The van der Waals surface area contributed by atoms with E-state index in [2.05, 4.69) is 6.58 Å². The van der Waals surface area contributed by atoms with Crippen LogP contribution in [0.4, 0.5) is 0 Å². The molecule has 2 N–H and O–H groups in total. The normalized spacial score (nSPS) is 18.1. The highest BCUT2D eigenvalue weighted by molar-refractivity contribution is 4.90. The van der Waals surface area contributed by atoms with Crippen LogP contribution in [0.2, 0.25) is 0 Å². The first-order valence-corrected chi connectivity index (χ1v) is 2.09. The van der Waals surface area contributed by atoms with Crippen molar-refractivity contribution in [2.45, 2.75) is 12.5 Å². The molecule has 0 rings (SSSR count). The molecule has 0 aromatic rings. The molecule has 0 fully saturated rings. The zero-order valence-electron chi connectivity index (χ0n) is 4.39. The van der Waals surface area contributed by atoms with Crippen molar-refractivity contribution in [3.63, 3.8) is 0 Å². The van der Waals surface area contributed by atoms with Crippen LogP contribution < -0.4 is 0 Å². The molecular formula is C5H10O2. The van der Waals surface area contributed by atoms with Crippen LogP contribution in [-0.4, -0.2) is 22.4 Å². The van der Waals surface area contributed by atoms with Crippen LogP contribution in [0, 0.1) is 0 Å². The van der Waals surface area contributed by atoms with Crippen molar-refractivity contribution in [2.75, 3.05) is 6.61 Å². The van der Waals surface area contributed by atoms with Crippen LogP contribution in [0.3, 0.4) is 0 Å². The lowest BCUT2D eigenvalue weighted by Crippen LogP contribution is -2.24. The Morgan fingerprint density at radius 1 is 1.86 bits per heavy atom. The van der Waals surface area contributed by atoms with Gasteiger partial charge in [0.15, 0.2) is 0 Å². The van der Waals surface area contributed by atoms with E-state index in [1.165, 1.54) is 13.0 Å². The molecule has 42 valence electrons. The Morgan fingerprint density at radius 2 is 2.29 bits per heavy atom. The fourth-order valence-electron chi connectivity index (χ4n) is 0.0645. The van der Waals surface area contributed by atoms with Gasteiger partial charge in [-0.25, -0.2) is 0 Å². The SMILES string of the molecule is C=C[C@@](C)(O)CO. The molecule has 0 aromatic heterocycles. The third-order valence-corrected chi connectivity index (χ3v) is 0.760. The molecule has 2 nitrogen and oxygen atoms in total. The Balaban J connectivity index is 3.58. The third kappa shape index (κ3) is 2.37. The molecule has 0 radical (unpaired) electrons. The first-order chi connectivity index (χ1) is 3.12. The van der Waals surface area contributed by atoms with Gasteiger partial charge in [0.25, 0.3) is 0 Å². The zero-order chi connectivity index (χ0) is 5.91. The minimum absolute atomic E-state index is 0.267. The van der Waals surface area contributed by atoms with E-state index in [-0.39, 0.29) is 6.61 Å². The van der Waals surface area contributed by atoms with Crippen molar-refractivity contribution in [3.05, 3.63) is 12.7 Å². The summed E-state index contributed by atoms with van der Waals surface area (Å²) in [6.45, 7) is 4.51. The van der Waals surface area contributed by atoms with E-state index < -0.39 is 5.60 Å². The Morgan fingerprint density at radius 3 is 2.29 bits per heavy atom. The van der Waals surface area contributed by atoms with Gasteiger partial charge in [-0.1, -0.05) is 6.08 Å². The van der Waals surface area contributed by atoms with Crippen molar-refractivity contribution >= 4 is 0 Å². The molecule has 1 atom stereocenters. The van der Waals surface area contributed by atoms with Crippen LogP contribution in [0.5, 0.6) is 0 Å². The summed E-state index contributed by atoms with van der Waals surface area (Å²) in [5.74, 6) is 0. The summed E-state index contributed by atoms with van der Waals surface area (Å²) in [4.78, 5) is 0. The van der Waals surface area contributed by atoms with Gasteiger partial charge < -0.3 is 10.2 Å². The van der Waals surface area contributed by atoms with Crippen molar-refractivity contribution in [2.24, 2.45) is 0 Å². The largest absolute Gasteiger partial charge is 0.393 e. The maximum atomic E-state index is 8.76. The zero-order valence-corrected chi connectivity index (χ0v) is 4.39. The average molecular weight is 102 g/mol. The number of rotatable bonds is 2. The van der Waals surface area contributed by atoms with Crippen molar-refractivity contribution in [1.82, 2.24) is 0 Å². The summed E-state index contributed by atoms with van der Waals surface area (Å²) < 4.78 is 0. The van der Waals surface area contributed by atoms with Gasteiger partial charge in [0.1, 0.15) is 5.60 Å². The predicted octanol–water partition coefficient (Wildman–Crippen LogP) is -0.0843. The van der Waals surface area contributed by atoms with Gasteiger partial charge >= 0.3 is 0 Å². The van der Waals surface area contributed by atoms with Crippen LogP contribution in [0.15, 0.2) is 12.7 Å². The topological polar surface area (TPSA) is 40.5 Å². The van der Waals surface area contributed by atoms with Crippen molar-refractivity contribution in [1.29, 1.82) is 0 Å². The fourth-order valence-corrected chi connectivity index (χ4v) is 0.0645. The molecular weight excluding hydrogens is 92.1 g/mol. The predicted molar refractivity (Wildman–Crippen MR) is 27.9 cm³/mol. The first kappa shape index (κ1) is 6.66. The molecule has 0 amide bonds. The molecule has 0 saturated heterocycles. The summed E-state index contributed by atoms with van der Waals surface area (Å²) >= 11 is 0. The highest BCUT2D eigenvalue weighted by atomic mass is 16.3. The number of aliphatic hydroxyl groups is 2. The van der Waals surface area contributed by atoms with E-state index in [1.807, 2.05) is 0 Å². The van der Waals surface area contributed by atoms with Gasteiger partial charge in [-0.05, 0) is 6.92 Å². The van der Waals surface area contributed by atoms with Crippen LogP contribution in [-0.2, 0) is 0 Å². The third-order valence-electron chi connectivity index (χ3n) is 0.760. The Kier molecular flexibility index (Phi) is 1.99. The van der Waals surface area contributed by atoms with Crippen LogP contribution in [0.25, 0.3) is 0 Å². The molecule has 0 bridgehead atoms. The van der Waals surface area contributed by atoms with Gasteiger partial charge in [0, 0.05) is 0 Å². The highest BCUT2D eigenvalue weighted by Crippen LogP contribution is 1.99. The van der Waals surface area contributed by atoms with Gasteiger partial charge in [-0.15, -0.1) is 6.58 Å². The molecule has 0 aliphatic rings. The lowest BCUT2D eigenvalue weighted by atomic mass is 10.1. The summed E-state index contributed by atoms with van der Waals surface area (Å²) in [5.41, 5.74) is -1.10. The molecule has 0 aliphatic carbocycles. The summed E-state index contributed by atoms with van der Waals surface area (Å²) in [6, 6.07) is 0. The molecule has 0 unspecified atom stereocenters. The minimum Gasteiger partial charge on any atom is -0.393 e. The standard InChI is InChI=1S/C5H10O2/c1-3-5(2,7)4-6/h3,6-7H,1,4H2,2H3/t5-/m1/s1. The summed E-state index contributed by atoms with van der Waals surface area (Å²) in [5, 5.41) is 17.0.